The largest absolute Gasteiger partial charge is 0.493 e. The van der Waals surface area contributed by atoms with Gasteiger partial charge in [0.15, 0.2) is 0 Å². The smallest absolute Gasteiger partial charge is 0.254 e. The van der Waals surface area contributed by atoms with Crippen LogP contribution in [0.3, 0.4) is 0 Å². The quantitative estimate of drug-likeness (QED) is 0.703. The summed E-state index contributed by atoms with van der Waals surface area (Å²) in [4.78, 5) is 11.4. The number of anilines is 1. The lowest BCUT2D eigenvalue weighted by Crippen LogP contribution is -2.34. The van der Waals surface area contributed by atoms with Gasteiger partial charge in [0.2, 0.25) is 0 Å². The molecule has 1 aliphatic rings. The molecule has 1 unspecified atom stereocenters. The lowest BCUT2D eigenvalue weighted by atomic mass is 10.1. The average Bonchev–Trinajstić information content (AvgIpc) is 2.37. The molecule has 1 amide bonds. The van der Waals surface area contributed by atoms with Crippen LogP contribution in [-0.2, 0) is 11.2 Å². The first kappa shape index (κ1) is 11.9. The summed E-state index contributed by atoms with van der Waals surface area (Å²) < 4.78 is 5.47. The van der Waals surface area contributed by atoms with Crippen molar-refractivity contribution >= 4 is 11.6 Å². The minimum atomic E-state index is -1.16. The van der Waals surface area contributed by atoms with E-state index in [2.05, 4.69) is 5.32 Å². The fourth-order valence-electron chi connectivity index (χ4n) is 1.77. The summed E-state index contributed by atoms with van der Waals surface area (Å²) in [5.74, 6) is 0.387. The van der Waals surface area contributed by atoms with E-state index in [0.29, 0.717) is 5.69 Å². The van der Waals surface area contributed by atoms with Crippen LogP contribution in [0, 0.1) is 0 Å². The maximum atomic E-state index is 11.4. The molecule has 0 aromatic heterocycles. The van der Waals surface area contributed by atoms with Crippen LogP contribution >= 0.6 is 0 Å². The van der Waals surface area contributed by atoms with E-state index in [0.717, 1.165) is 30.8 Å². The fourth-order valence-corrected chi connectivity index (χ4v) is 1.77. The number of fused-ring (bicyclic) bond motifs is 1. The summed E-state index contributed by atoms with van der Waals surface area (Å²) in [6, 6.07) is 5.46. The highest BCUT2D eigenvalue weighted by molar-refractivity contribution is 5.94. The van der Waals surface area contributed by atoms with Crippen LogP contribution in [0.5, 0.6) is 5.75 Å². The number of hydrogen-bond acceptors (Lipinski definition) is 4. The second-order valence-electron chi connectivity index (χ2n) is 4.02. The number of carbonyl (C=O) groups excluding carboxylic acids is 1. The van der Waals surface area contributed by atoms with Gasteiger partial charge in [0, 0.05) is 12.2 Å². The number of hydrogen-bond donors (Lipinski definition) is 3. The molecule has 0 saturated heterocycles. The summed E-state index contributed by atoms with van der Waals surface area (Å²) in [5, 5.41) is 11.9. The molecule has 0 radical (unpaired) electrons. The molecule has 1 aromatic carbocycles. The van der Waals surface area contributed by atoms with Crippen molar-refractivity contribution in [2.75, 3.05) is 18.5 Å². The molecule has 5 nitrogen and oxygen atoms in total. The number of aliphatic hydroxyl groups is 1. The van der Waals surface area contributed by atoms with Crippen LogP contribution in [0.15, 0.2) is 18.2 Å². The van der Waals surface area contributed by atoms with Crippen molar-refractivity contribution in [1.29, 1.82) is 0 Å². The number of aliphatic hydroxyl groups excluding tert-OH is 1. The fraction of sp³-hybridized carbons (Fsp3) is 0.417. The van der Waals surface area contributed by atoms with Crippen LogP contribution in [0.1, 0.15) is 12.0 Å². The zero-order chi connectivity index (χ0) is 12.3. The van der Waals surface area contributed by atoms with Crippen LogP contribution in [-0.4, -0.2) is 30.3 Å². The topological polar surface area (TPSA) is 84.6 Å². The lowest BCUT2D eigenvalue weighted by molar-refractivity contribution is -0.123. The number of ether oxygens (including phenoxy) is 1. The number of benzene rings is 1. The molecule has 92 valence electrons. The van der Waals surface area contributed by atoms with Crippen LogP contribution < -0.4 is 15.8 Å². The Kier molecular flexibility index (Phi) is 3.61. The number of amides is 1. The number of nitrogens with two attached hydrogens (primary N) is 1. The van der Waals surface area contributed by atoms with Crippen molar-refractivity contribution in [2.45, 2.75) is 18.9 Å². The molecule has 4 N–H and O–H groups in total. The van der Waals surface area contributed by atoms with E-state index < -0.39 is 12.0 Å². The van der Waals surface area contributed by atoms with Gasteiger partial charge < -0.3 is 20.9 Å². The molecule has 17 heavy (non-hydrogen) atoms. The Hall–Kier alpha value is -1.59. The Morgan fingerprint density at radius 2 is 2.41 bits per heavy atom. The van der Waals surface area contributed by atoms with E-state index in [-0.39, 0.29) is 6.54 Å². The Morgan fingerprint density at radius 3 is 3.18 bits per heavy atom. The average molecular weight is 236 g/mol. The molecule has 0 bridgehead atoms. The summed E-state index contributed by atoms with van der Waals surface area (Å²) >= 11 is 0. The highest BCUT2D eigenvalue weighted by Gasteiger charge is 2.15. The van der Waals surface area contributed by atoms with E-state index in [1.165, 1.54) is 0 Å². The monoisotopic (exact) mass is 236 g/mol. The van der Waals surface area contributed by atoms with Gasteiger partial charge in [0.1, 0.15) is 11.9 Å². The molecule has 1 atom stereocenters. The second-order valence-corrected chi connectivity index (χ2v) is 4.02. The second kappa shape index (κ2) is 5.16. The third-order valence-corrected chi connectivity index (χ3v) is 2.70. The predicted octanol–water partition coefficient (Wildman–Crippen LogP) is 0.270. The highest BCUT2D eigenvalue weighted by Crippen LogP contribution is 2.27. The standard InChI is InChI=1S/C12H16N2O3/c13-7-10(15)12(16)14-9-3-4-11-8(6-9)2-1-5-17-11/h3-4,6,10,15H,1-2,5,7,13H2,(H,14,16). The number of carbonyl (C=O) groups is 1. The summed E-state index contributed by atoms with van der Waals surface area (Å²) in [7, 11) is 0. The minimum Gasteiger partial charge on any atom is -0.493 e. The van der Waals surface area contributed by atoms with Gasteiger partial charge in [-0.05, 0) is 36.6 Å². The number of nitrogens with one attached hydrogen (secondary N) is 1. The van der Waals surface area contributed by atoms with Gasteiger partial charge in [-0.25, -0.2) is 0 Å². The Bertz CT molecular complexity index is 420. The van der Waals surface area contributed by atoms with Crippen molar-refractivity contribution in [1.82, 2.24) is 0 Å². The van der Waals surface area contributed by atoms with Crippen molar-refractivity contribution in [3.8, 4) is 5.75 Å². The SMILES string of the molecule is NCC(O)C(=O)Nc1ccc2c(c1)CCCO2. The summed E-state index contributed by atoms with van der Waals surface area (Å²) in [5.41, 5.74) is 6.95. The molecule has 0 spiro atoms. The van der Waals surface area contributed by atoms with Gasteiger partial charge in [0.05, 0.1) is 6.61 Å². The van der Waals surface area contributed by atoms with E-state index in [1.54, 1.807) is 6.07 Å². The highest BCUT2D eigenvalue weighted by atomic mass is 16.5. The van der Waals surface area contributed by atoms with Gasteiger partial charge >= 0.3 is 0 Å². The van der Waals surface area contributed by atoms with Gasteiger partial charge in [-0.3, -0.25) is 4.79 Å². The van der Waals surface area contributed by atoms with Crippen LogP contribution in [0.4, 0.5) is 5.69 Å². The predicted molar refractivity (Wildman–Crippen MR) is 63.9 cm³/mol. The third-order valence-electron chi connectivity index (χ3n) is 2.70. The molecule has 1 heterocycles. The Labute approximate surface area is 99.6 Å². The molecule has 0 fully saturated rings. The lowest BCUT2D eigenvalue weighted by Gasteiger charge is -2.18. The zero-order valence-electron chi connectivity index (χ0n) is 9.48. The summed E-state index contributed by atoms with van der Waals surface area (Å²) in [6.07, 6.45) is 0.760. The molecular weight excluding hydrogens is 220 g/mol. The Balaban J connectivity index is 2.09. The van der Waals surface area contributed by atoms with Crippen molar-refractivity contribution in [3.05, 3.63) is 23.8 Å². The number of aryl methyl sites for hydroxylation is 1. The molecule has 0 saturated carbocycles. The molecule has 2 rings (SSSR count). The molecule has 0 aliphatic carbocycles. The first-order valence-electron chi connectivity index (χ1n) is 5.65. The van der Waals surface area contributed by atoms with Crippen molar-refractivity contribution < 1.29 is 14.6 Å². The molecule has 1 aliphatic heterocycles. The maximum absolute atomic E-state index is 11.4. The van der Waals surface area contributed by atoms with Gasteiger partial charge in [-0.15, -0.1) is 0 Å². The van der Waals surface area contributed by atoms with Crippen molar-refractivity contribution in [3.63, 3.8) is 0 Å². The van der Waals surface area contributed by atoms with Gasteiger partial charge in [0.25, 0.3) is 5.91 Å². The van der Waals surface area contributed by atoms with Crippen LogP contribution in [0.2, 0.25) is 0 Å². The zero-order valence-corrected chi connectivity index (χ0v) is 9.48. The normalized spacial score (nSPS) is 15.6. The van der Waals surface area contributed by atoms with E-state index in [4.69, 9.17) is 10.5 Å². The van der Waals surface area contributed by atoms with E-state index in [1.807, 2.05) is 12.1 Å². The van der Waals surface area contributed by atoms with E-state index >= 15 is 0 Å². The molecule has 1 aromatic rings. The van der Waals surface area contributed by atoms with Crippen LogP contribution in [0.25, 0.3) is 0 Å². The minimum absolute atomic E-state index is 0.0834. The Morgan fingerprint density at radius 1 is 1.59 bits per heavy atom. The number of rotatable bonds is 3. The summed E-state index contributed by atoms with van der Waals surface area (Å²) in [6.45, 7) is 0.657. The first-order valence-corrected chi connectivity index (χ1v) is 5.65. The maximum Gasteiger partial charge on any atom is 0.254 e. The first-order chi connectivity index (χ1) is 8.20. The molecular formula is C12H16N2O3. The third kappa shape index (κ3) is 2.75. The van der Waals surface area contributed by atoms with Crippen molar-refractivity contribution in [2.24, 2.45) is 5.73 Å². The van der Waals surface area contributed by atoms with Gasteiger partial charge in [-0.1, -0.05) is 0 Å². The van der Waals surface area contributed by atoms with E-state index in [9.17, 15) is 9.90 Å². The van der Waals surface area contributed by atoms with Gasteiger partial charge in [-0.2, -0.15) is 0 Å². The molecule has 5 heteroatoms.